The molecular formula is C14H13N3O2. The van der Waals surface area contributed by atoms with Gasteiger partial charge in [0.05, 0.1) is 12.5 Å². The number of benzene rings is 1. The lowest BCUT2D eigenvalue weighted by Crippen LogP contribution is -2.27. The third-order valence-electron chi connectivity index (χ3n) is 2.80. The zero-order valence-corrected chi connectivity index (χ0v) is 10.3. The highest BCUT2D eigenvalue weighted by molar-refractivity contribution is 5.88. The minimum atomic E-state index is -0.132. The van der Waals surface area contributed by atoms with Crippen molar-refractivity contribution >= 4 is 23.1 Å². The first-order chi connectivity index (χ1) is 9.24. The Kier molecular flexibility index (Phi) is 3.94. The van der Waals surface area contributed by atoms with Crippen LogP contribution in [0.15, 0.2) is 30.5 Å². The molecule has 0 aliphatic rings. The lowest BCUT2D eigenvalue weighted by Gasteiger charge is -2.06. The molecule has 0 bridgehead atoms. The number of fused-ring (bicyclic) bond motifs is 1. The van der Waals surface area contributed by atoms with Crippen LogP contribution in [0.1, 0.15) is 16.8 Å². The van der Waals surface area contributed by atoms with Crippen molar-refractivity contribution in [2.45, 2.75) is 13.0 Å². The minimum absolute atomic E-state index is 0.132. The van der Waals surface area contributed by atoms with Crippen molar-refractivity contribution in [2.24, 2.45) is 0 Å². The highest BCUT2D eigenvalue weighted by atomic mass is 16.1. The van der Waals surface area contributed by atoms with Crippen molar-refractivity contribution in [2.75, 3.05) is 6.54 Å². The number of carbonyl (C=O) groups excluding carboxylic acids is 2. The van der Waals surface area contributed by atoms with E-state index in [0.717, 1.165) is 17.2 Å². The maximum atomic E-state index is 11.7. The van der Waals surface area contributed by atoms with Gasteiger partial charge in [0.15, 0.2) is 0 Å². The SMILES string of the molecule is N#CCCNC(=O)Cn1ccc2cc(C=O)ccc21. The van der Waals surface area contributed by atoms with Gasteiger partial charge in [0.25, 0.3) is 0 Å². The summed E-state index contributed by atoms with van der Waals surface area (Å²) in [5.41, 5.74) is 1.52. The maximum Gasteiger partial charge on any atom is 0.239 e. The van der Waals surface area contributed by atoms with Gasteiger partial charge in [-0.2, -0.15) is 5.26 Å². The number of carbonyl (C=O) groups is 2. The van der Waals surface area contributed by atoms with Gasteiger partial charge in [-0.3, -0.25) is 9.59 Å². The topological polar surface area (TPSA) is 74.9 Å². The summed E-state index contributed by atoms with van der Waals surface area (Å²) in [6.07, 6.45) is 2.91. The zero-order chi connectivity index (χ0) is 13.7. The van der Waals surface area contributed by atoms with Crippen molar-refractivity contribution in [1.82, 2.24) is 9.88 Å². The third-order valence-corrected chi connectivity index (χ3v) is 2.80. The first-order valence-electron chi connectivity index (χ1n) is 5.92. The van der Waals surface area contributed by atoms with Crippen LogP contribution in [-0.2, 0) is 11.3 Å². The molecule has 1 heterocycles. The number of nitriles is 1. The molecule has 1 aromatic carbocycles. The highest BCUT2D eigenvalue weighted by Crippen LogP contribution is 2.16. The molecule has 0 aliphatic heterocycles. The maximum absolute atomic E-state index is 11.7. The number of nitrogens with one attached hydrogen (secondary N) is 1. The molecule has 0 atom stereocenters. The van der Waals surface area contributed by atoms with Gasteiger partial charge in [-0.15, -0.1) is 0 Å². The average Bonchev–Trinajstić information content (AvgIpc) is 2.81. The molecule has 1 N–H and O–H groups in total. The number of hydrogen-bond donors (Lipinski definition) is 1. The Bertz CT molecular complexity index is 652. The molecule has 2 rings (SSSR count). The molecule has 96 valence electrons. The quantitative estimate of drug-likeness (QED) is 0.649. The summed E-state index contributed by atoms with van der Waals surface area (Å²) in [5, 5.41) is 12.0. The van der Waals surface area contributed by atoms with Crippen LogP contribution in [-0.4, -0.2) is 23.3 Å². The van der Waals surface area contributed by atoms with Crippen molar-refractivity contribution in [3.63, 3.8) is 0 Å². The van der Waals surface area contributed by atoms with Gasteiger partial charge in [0.1, 0.15) is 12.8 Å². The standard InChI is InChI=1S/C14H13N3O2/c15-5-1-6-16-14(19)9-17-7-4-12-8-11(10-18)2-3-13(12)17/h2-4,7-8,10H,1,6,9H2,(H,16,19). The molecule has 0 unspecified atom stereocenters. The summed E-state index contributed by atoms with van der Waals surface area (Å²) in [6.45, 7) is 0.569. The van der Waals surface area contributed by atoms with Crippen LogP contribution in [0.2, 0.25) is 0 Å². The summed E-state index contributed by atoms with van der Waals surface area (Å²) in [5.74, 6) is -0.132. The monoisotopic (exact) mass is 255 g/mol. The second-order valence-corrected chi connectivity index (χ2v) is 4.14. The molecule has 5 nitrogen and oxygen atoms in total. The van der Waals surface area contributed by atoms with Crippen LogP contribution >= 0.6 is 0 Å². The lowest BCUT2D eigenvalue weighted by molar-refractivity contribution is -0.121. The van der Waals surface area contributed by atoms with E-state index in [1.165, 1.54) is 0 Å². The Morgan fingerprint density at radius 3 is 3.00 bits per heavy atom. The van der Waals surface area contributed by atoms with E-state index in [9.17, 15) is 9.59 Å². The van der Waals surface area contributed by atoms with Gasteiger partial charge in [0, 0.05) is 29.2 Å². The molecular weight excluding hydrogens is 242 g/mol. The summed E-state index contributed by atoms with van der Waals surface area (Å²) >= 11 is 0. The Balaban J connectivity index is 2.11. The largest absolute Gasteiger partial charge is 0.354 e. The normalized spacial score (nSPS) is 10.1. The molecule has 0 radical (unpaired) electrons. The van der Waals surface area contributed by atoms with E-state index in [1.54, 1.807) is 12.1 Å². The van der Waals surface area contributed by atoms with Gasteiger partial charge in [0.2, 0.25) is 5.91 Å². The fourth-order valence-electron chi connectivity index (χ4n) is 1.90. The molecule has 0 aliphatic carbocycles. The fourth-order valence-corrected chi connectivity index (χ4v) is 1.90. The van der Waals surface area contributed by atoms with Gasteiger partial charge < -0.3 is 9.88 Å². The van der Waals surface area contributed by atoms with E-state index in [0.29, 0.717) is 18.5 Å². The molecule has 0 fully saturated rings. The van der Waals surface area contributed by atoms with Crippen LogP contribution in [0.4, 0.5) is 0 Å². The molecule has 2 aromatic rings. The van der Waals surface area contributed by atoms with E-state index >= 15 is 0 Å². The zero-order valence-electron chi connectivity index (χ0n) is 10.3. The molecule has 0 spiro atoms. The van der Waals surface area contributed by atoms with Crippen LogP contribution < -0.4 is 5.32 Å². The Hall–Kier alpha value is -2.61. The van der Waals surface area contributed by atoms with E-state index in [1.807, 2.05) is 29.0 Å². The van der Waals surface area contributed by atoms with Crippen LogP contribution in [0.25, 0.3) is 10.9 Å². The van der Waals surface area contributed by atoms with E-state index in [4.69, 9.17) is 5.26 Å². The second kappa shape index (κ2) is 5.83. The predicted molar refractivity (Wildman–Crippen MR) is 70.6 cm³/mol. The number of aldehydes is 1. The number of aromatic nitrogens is 1. The molecule has 0 saturated carbocycles. The highest BCUT2D eigenvalue weighted by Gasteiger charge is 2.06. The Morgan fingerprint density at radius 1 is 1.42 bits per heavy atom. The molecule has 19 heavy (non-hydrogen) atoms. The van der Waals surface area contributed by atoms with Gasteiger partial charge >= 0.3 is 0 Å². The molecule has 1 aromatic heterocycles. The van der Waals surface area contributed by atoms with Gasteiger partial charge in [-0.1, -0.05) is 0 Å². The summed E-state index contributed by atoms with van der Waals surface area (Å²) in [6, 6.07) is 9.16. The lowest BCUT2D eigenvalue weighted by atomic mass is 10.2. The van der Waals surface area contributed by atoms with Crippen molar-refractivity contribution < 1.29 is 9.59 Å². The van der Waals surface area contributed by atoms with E-state index in [2.05, 4.69) is 5.32 Å². The van der Waals surface area contributed by atoms with Crippen molar-refractivity contribution in [3.8, 4) is 6.07 Å². The van der Waals surface area contributed by atoms with Crippen LogP contribution in [0.3, 0.4) is 0 Å². The molecule has 0 saturated heterocycles. The molecule has 5 heteroatoms. The smallest absolute Gasteiger partial charge is 0.239 e. The van der Waals surface area contributed by atoms with Crippen LogP contribution in [0.5, 0.6) is 0 Å². The number of rotatable bonds is 5. The number of hydrogen-bond acceptors (Lipinski definition) is 3. The second-order valence-electron chi connectivity index (χ2n) is 4.14. The predicted octanol–water partition coefficient (Wildman–Crippen LogP) is 1.48. The fraction of sp³-hybridized carbons (Fsp3) is 0.214. The van der Waals surface area contributed by atoms with E-state index < -0.39 is 0 Å². The number of nitrogens with zero attached hydrogens (tertiary/aromatic N) is 2. The Morgan fingerprint density at radius 2 is 2.26 bits per heavy atom. The third kappa shape index (κ3) is 2.99. The average molecular weight is 255 g/mol. The summed E-state index contributed by atoms with van der Waals surface area (Å²) < 4.78 is 1.81. The first kappa shape index (κ1) is 12.8. The van der Waals surface area contributed by atoms with Gasteiger partial charge in [-0.05, 0) is 24.3 Å². The summed E-state index contributed by atoms with van der Waals surface area (Å²) in [4.78, 5) is 22.3. The summed E-state index contributed by atoms with van der Waals surface area (Å²) in [7, 11) is 0. The van der Waals surface area contributed by atoms with Crippen molar-refractivity contribution in [3.05, 3.63) is 36.0 Å². The van der Waals surface area contributed by atoms with Gasteiger partial charge in [-0.25, -0.2) is 0 Å². The Labute approximate surface area is 110 Å². The van der Waals surface area contributed by atoms with Crippen molar-refractivity contribution in [1.29, 1.82) is 5.26 Å². The number of amides is 1. The minimum Gasteiger partial charge on any atom is -0.354 e. The van der Waals surface area contributed by atoms with Crippen LogP contribution in [0, 0.1) is 11.3 Å². The van der Waals surface area contributed by atoms with E-state index in [-0.39, 0.29) is 12.5 Å². The molecule has 1 amide bonds. The first-order valence-corrected chi connectivity index (χ1v) is 5.92.